The monoisotopic (exact) mass is 520 g/mol. The molecule has 0 spiro atoms. The van der Waals surface area contributed by atoms with Crippen molar-refractivity contribution in [2.24, 2.45) is 0 Å². The molecule has 10 heteroatoms. The number of aliphatic hydroxyl groups is 1. The lowest BCUT2D eigenvalue weighted by atomic mass is 9.90. The fourth-order valence-corrected chi connectivity index (χ4v) is 5.50. The molecule has 3 aromatic heterocycles. The van der Waals surface area contributed by atoms with Crippen LogP contribution >= 0.6 is 0 Å². The van der Waals surface area contributed by atoms with Crippen molar-refractivity contribution in [2.45, 2.75) is 64.4 Å². The van der Waals surface area contributed by atoms with E-state index in [0.29, 0.717) is 70.7 Å². The zero-order valence-electron chi connectivity index (χ0n) is 21.4. The lowest BCUT2D eigenvalue weighted by Crippen LogP contribution is -2.48. The van der Waals surface area contributed by atoms with Gasteiger partial charge in [-0.3, -0.25) is 9.59 Å². The van der Waals surface area contributed by atoms with Crippen molar-refractivity contribution in [3.8, 4) is 11.5 Å². The summed E-state index contributed by atoms with van der Waals surface area (Å²) in [6.45, 7) is 5.79. The molecule has 4 atom stereocenters. The highest BCUT2D eigenvalue weighted by molar-refractivity contribution is 6.07. The zero-order chi connectivity index (χ0) is 26.7. The number of aliphatic hydroxyl groups excluding tert-OH is 1. The first-order valence-corrected chi connectivity index (χ1v) is 12.8. The number of carbonyl (C=O) groups excluding carboxylic acids is 2. The second-order valence-corrected chi connectivity index (χ2v) is 10.3. The SMILES string of the molecule is Cc1oc2cc(Oc3ccnn4cc(C(=O)N5C[C@@H](O)C[C@H]5C)c(C)c34)ccc2c1C(=O)N[C@@H]1CC[C@@H]1F. The molecule has 0 unspecified atom stereocenters. The summed E-state index contributed by atoms with van der Waals surface area (Å²) in [6.07, 6.45) is 3.41. The number of fused-ring (bicyclic) bond motifs is 2. The number of aryl methyl sites for hydroxylation is 2. The van der Waals surface area contributed by atoms with E-state index in [1.165, 1.54) is 0 Å². The molecule has 1 aromatic carbocycles. The van der Waals surface area contributed by atoms with Gasteiger partial charge in [0.15, 0.2) is 5.75 Å². The van der Waals surface area contributed by atoms with Gasteiger partial charge in [0, 0.05) is 36.3 Å². The Bertz CT molecular complexity index is 1580. The number of hydrogen-bond acceptors (Lipinski definition) is 6. The quantitative estimate of drug-likeness (QED) is 0.406. The zero-order valence-corrected chi connectivity index (χ0v) is 21.4. The van der Waals surface area contributed by atoms with Crippen LogP contribution in [0.25, 0.3) is 16.5 Å². The maximum atomic E-state index is 13.7. The van der Waals surface area contributed by atoms with E-state index in [-0.39, 0.29) is 17.9 Å². The van der Waals surface area contributed by atoms with E-state index in [1.54, 1.807) is 53.0 Å². The van der Waals surface area contributed by atoms with Gasteiger partial charge in [-0.05, 0) is 57.7 Å². The summed E-state index contributed by atoms with van der Waals surface area (Å²) < 4.78 is 27.4. The molecular weight excluding hydrogens is 491 g/mol. The Morgan fingerprint density at radius 3 is 2.74 bits per heavy atom. The van der Waals surface area contributed by atoms with Crippen LogP contribution in [0.3, 0.4) is 0 Å². The van der Waals surface area contributed by atoms with Gasteiger partial charge in [0.1, 0.15) is 28.8 Å². The first kappa shape index (κ1) is 24.4. The molecule has 2 fully saturated rings. The smallest absolute Gasteiger partial charge is 0.256 e. The van der Waals surface area contributed by atoms with E-state index < -0.39 is 18.3 Å². The third-order valence-corrected chi connectivity index (χ3v) is 7.73. The average Bonchev–Trinajstić information content (AvgIpc) is 3.52. The molecule has 4 heterocycles. The predicted molar refractivity (Wildman–Crippen MR) is 137 cm³/mol. The van der Waals surface area contributed by atoms with Crippen LogP contribution < -0.4 is 10.1 Å². The summed E-state index contributed by atoms with van der Waals surface area (Å²) in [5, 5.41) is 17.7. The molecule has 9 nitrogen and oxygen atoms in total. The van der Waals surface area contributed by atoms with Crippen LogP contribution in [0.1, 0.15) is 58.2 Å². The fourth-order valence-electron chi connectivity index (χ4n) is 5.50. The first-order chi connectivity index (χ1) is 18.2. The summed E-state index contributed by atoms with van der Waals surface area (Å²) in [5.41, 5.74) is 2.75. The molecule has 4 aromatic rings. The van der Waals surface area contributed by atoms with Crippen LogP contribution in [0.15, 0.2) is 41.1 Å². The molecule has 38 heavy (non-hydrogen) atoms. The predicted octanol–water partition coefficient (Wildman–Crippen LogP) is 4.32. The fraction of sp³-hybridized carbons (Fsp3) is 0.393. The number of nitrogens with zero attached hydrogens (tertiary/aromatic N) is 3. The first-order valence-electron chi connectivity index (χ1n) is 12.8. The highest BCUT2D eigenvalue weighted by Gasteiger charge is 2.34. The largest absolute Gasteiger partial charge is 0.460 e. The number of alkyl halides is 1. The minimum Gasteiger partial charge on any atom is -0.460 e. The van der Waals surface area contributed by atoms with Crippen molar-refractivity contribution in [1.82, 2.24) is 19.8 Å². The molecule has 1 saturated carbocycles. The number of rotatable bonds is 5. The van der Waals surface area contributed by atoms with Crippen molar-refractivity contribution in [3.05, 3.63) is 59.1 Å². The van der Waals surface area contributed by atoms with Crippen LogP contribution in [0.2, 0.25) is 0 Å². The summed E-state index contributed by atoms with van der Waals surface area (Å²) in [5.74, 6) is 0.938. The molecule has 0 radical (unpaired) electrons. The number of nitrogens with one attached hydrogen (secondary N) is 1. The number of halogens is 1. The van der Waals surface area contributed by atoms with E-state index in [2.05, 4.69) is 10.4 Å². The van der Waals surface area contributed by atoms with Crippen LogP contribution in [0.4, 0.5) is 4.39 Å². The van der Waals surface area contributed by atoms with Gasteiger partial charge in [-0.2, -0.15) is 5.10 Å². The molecule has 198 valence electrons. The molecular formula is C28H29FN4O5. The number of aromatic nitrogens is 2. The van der Waals surface area contributed by atoms with Gasteiger partial charge in [0.25, 0.3) is 11.8 Å². The average molecular weight is 521 g/mol. The minimum absolute atomic E-state index is 0.0498. The van der Waals surface area contributed by atoms with Crippen molar-refractivity contribution < 1.29 is 28.2 Å². The maximum absolute atomic E-state index is 13.7. The van der Waals surface area contributed by atoms with Gasteiger partial charge in [0.2, 0.25) is 0 Å². The van der Waals surface area contributed by atoms with Crippen molar-refractivity contribution >= 4 is 28.3 Å². The topological polar surface area (TPSA) is 109 Å². The van der Waals surface area contributed by atoms with Gasteiger partial charge < -0.3 is 24.5 Å². The van der Waals surface area contributed by atoms with Crippen LogP contribution in [-0.4, -0.2) is 62.3 Å². The molecule has 6 rings (SSSR count). The molecule has 2 amide bonds. The Hall–Kier alpha value is -3.92. The Morgan fingerprint density at radius 1 is 1.24 bits per heavy atom. The number of benzene rings is 1. The van der Waals surface area contributed by atoms with Gasteiger partial charge in [-0.15, -0.1) is 0 Å². The van der Waals surface area contributed by atoms with E-state index >= 15 is 0 Å². The number of hydrogen-bond donors (Lipinski definition) is 2. The third kappa shape index (κ3) is 3.99. The number of ether oxygens (including phenoxy) is 1. The van der Waals surface area contributed by atoms with Crippen LogP contribution in [-0.2, 0) is 0 Å². The van der Waals surface area contributed by atoms with Gasteiger partial charge in [-0.25, -0.2) is 8.91 Å². The Kier molecular flexibility index (Phi) is 5.86. The normalized spacial score (nSPS) is 23.1. The molecule has 1 aliphatic carbocycles. The summed E-state index contributed by atoms with van der Waals surface area (Å²) in [7, 11) is 0. The number of furan rings is 1. The summed E-state index contributed by atoms with van der Waals surface area (Å²) >= 11 is 0. The van der Waals surface area contributed by atoms with Gasteiger partial charge >= 0.3 is 0 Å². The molecule has 1 aliphatic heterocycles. The van der Waals surface area contributed by atoms with Crippen molar-refractivity contribution in [3.63, 3.8) is 0 Å². The third-order valence-electron chi connectivity index (χ3n) is 7.73. The highest BCUT2D eigenvalue weighted by Crippen LogP contribution is 2.35. The molecule has 0 bridgehead atoms. The van der Waals surface area contributed by atoms with Crippen molar-refractivity contribution in [1.29, 1.82) is 0 Å². The number of β-amino-alcohol motifs (C(OH)–C–C–N with tert-alkyl or cyclic N) is 1. The minimum atomic E-state index is -1.01. The van der Waals surface area contributed by atoms with Gasteiger partial charge in [0.05, 0.1) is 29.5 Å². The maximum Gasteiger partial charge on any atom is 0.256 e. The van der Waals surface area contributed by atoms with Gasteiger partial charge in [-0.1, -0.05) is 0 Å². The van der Waals surface area contributed by atoms with Crippen LogP contribution in [0.5, 0.6) is 11.5 Å². The number of amides is 2. The summed E-state index contributed by atoms with van der Waals surface area (Å²) in [4.78, 5) is 27.8. The highest BCUT2D eigenvalue weighted by atomic mass is 19.1. The van der Waals surface area contributed by atoms with E-state index in [9.17, 15) is 19.1 Å². The van der Waals surface area contributed by atoms with E-state index in [4.69, 9.17) is 9.15 Å². The molecule has 2 aliphatic rings. The summed E-state index contributed by atoms with van der Waals surface area (Å²) in [6, 6.07) is 6.41. The molecule has 1 saturated heterocycles. The standard InChI is InChI=1S/C28H29FN4O5/c1-14-10-17(34)12-32(14)28(36)20-13-33-26(15(20)2)23(8-9-30-33)38-18-4-5-19-24(11-18)37-16(3)25(19)27(35)31-22-7-6-21(22)29/h4-5,8-9,11,13-14,17,21-22,34H,6-7,10,12H2,1-3H3,(H,31,35)/t14-,17+,21+,22-/m1/s1. The lowest BCUT2D eigenvalue weighted by molar-refractivity contribution is 0.0725. The van der Waals surface area contributed by atoms with Crippen molar-refractivity contribution in [2.75, 3.05) is 6.54 Å². The Balaban J connectivity index is 1.29. The Labute approximate surface area is 218 Å². The lowest BCUT2D eigenvalue weighted by Gasteiger charge is -2.30. The molecule has 2 N–H and O–H groups in total. The van der Waals surface area contributed by atoms with E-state index in [0.717, 1.165) is 5.56 Å². The second-order valence-electron chi connectivity index (χ2n) is 10.3. The number of carbonyl (C=O) groups is 2. The number of likely N-dealkylation sites (tertiary alicyclic amines) is 1. The van der Waals surface area contributed by atoms with Crippen LogP contribution in [0, 0.1) is 13.8 Å². The Morgan fingerprint density at radius 2 is 2.05 bits per heavy atom. The second kappa shape index (κ2) is 9.13. The van der Waals surface area contributed by atoms with E-state index in [1.807, 2.05) is 13.8 Å².